The number of ether oxygens (including phenoxy) is 1. The minimum absolute atomic E-state index is 0.0161. The summed E-state index contributed by atoms with van der Waals surface area (Å²) in [6.45, 7) is 2.51. The van der Waals surface area contributed by atoms with E-state index in [-0.39, 0.29) is 12.3 Å². The van der Waals surface area contributed by atoms with Crippen LogP contribution >= 0.6 is 0 Å². The van der Waals surface area contributed by atoms with Crippen molar-refractivity contribution in [3.05, 3.63) is 59.3 Å². The van der Waals surface area contributed by atoms with Crippen molar-refractivity contribution in [2.75, 3.05) is 14.2 Å². The second kappa shape index (κ2) is 6.74. The van der Waals surface area contributed by atoms with Crippen LogP contribution < -0.4 is 4.74 Å². The Morgan fingerprint density at radius 3 is 2.83 bits per heavy atom. The Kier molecular flexibility index (Phi) is 4.51. The van der Waals surface area contributed by atoms with Crippen LogP contribution in [0, 0.1) is 6.92 Å². The number of nitrogens with zero attached hydrogens (tertiary/aromatic N) is 2. The summed E-state index contributed by atoms with van der Waals surface area (Å²) in [6.07, 6.45) is 0.210. The molecule has 5 nitrogen and oxygen atoms in total. The van der Waals surface area contributed by atoms with Crippen LogP contribution in [0.4, 0.5) is 0 Å². The third-order valence-corrected chi connectivity index (χ3v) is 4.04. The Balaban J connectivity index is 1.74. The molecule has 0 spiro atoms. The van der Waals surface area contributed by atoms with Crippen molar-refractivity contribution in [2.45, 2.75) is 19.9 Å². The first-order valence-electron chi connectivity index (χ1n) is 7.79. The van der Waals surface area contributed by atoms with E-state index in [9.17, 15) is 4.79 Å². The Hall–Kier alpha value is -2.82. The Labute approximate surface area is 140 Å². The van der Waals surface area contributed by atoms with E-state index in [0.717, 1.165) is 22.3 Å². The van der Waals surface area contributed by atoms with Gasteiger partial charge in [-0.25, -0.2) is 0 Å². The number of carbonyl (C=O) groups is 1. The van der Waals surface area contributed by atoms with Crippen LogP contribution in [0.5, 0.6) is 5.75 Å². The smallest absolute Gasteiger partial charge is 0.228 e. The summed E-state index contributed by atoms with van der Waals surface area (Å²) in [6, 6.07) is 13.5. The molecule has 1 amide bonds. The average molecular weight is 324 g/mol. The fourth-order valence-corrected chi connectivity index (χ4v) is 2.72. The molecule has 0 bridgehead atoms. The van der Waals surface area contributed by atoms with Gasteiger partial charge in [-0.3, -0.25) is 4.79 Å². The summed E-state index contributed by atoms with van der Waals surface area (Å²) in [7, 11) is 3.42. The number of aryl methyl sites for hydroxylation is 1. The molecule has 0 unspecified atom stereocenters. The normalized spacial score (nSPS) is 10.8. The predicted octanol–water partition coefficient (Wildman–Crippen LogP) is 3.35. The van der Waals surface area contributed by atoms with Gasteiger partial charge in [0.1, 0.15) is 11.4 Å². The molecule has 3 aromatic rings. The van der Waals surface area contributed by atoms with Crippen LogP contribution in [0.15, 0.2) is 47.0 Å². The van der Waals surface area contributed by atoms with Crippen molar-refractivity contribution in [3.63, 3.8) is 0 Å². The fourth-order valence-electron chi connectivity index (χ4n) is 2.72. The first-order valence-corrected chi connectivity index (χ1v) is 7.79. The molecule has 0 aliphatic carbocycles. The molecule has 3 rings (SSSR count). The van der Waals surface area contributed by atoms with Gasteiger partial charge in [-0.1, -0.05) is 35.0 Å². The zero-order valence-corrected chi connectivity index (χ0v) is 14.1. The van der Waals surface area contributed by atoms with Gasteiger partial charge >= 0.3 is 0 Å². The first-order chi connectivity index (χ1) is 11.6. The molecule has 0 aliphatic rings. The number of aromatic nitrogens is 1. The van der Waals surface area contributed by atoms with E-state index in [0.29, 0.717) is 17.8 Å². The van der Waals surface area contributed by atoms with E-state index < -0.39 is 0 Å². The predicted molar refractivity (Wildman–Crippen MR) is 91.9 cm³/mol. The second-order valence-electron chi connectivity index (χ2n) is 5.87. The van der Waals surface area contributed by atoms with Crippen molar-refractivity contribution < 1.29 is 14.1 Å². The van der Waals surface area contributed by atoms with Gasteiger partial charge in [0.2, 0.25) is 5.91 Å². The van der Waals surface area contributed by atoms with Gasteiger partial charge in [-0.15, -0.1) is 0 Å². The van der Waals surface area contributed by atoms with Crippen molar-refractivity contribution in [1.82, 2.24) is 10.1 Å². The highest BCUT2D eigenvalue weighted by molar-refractivity contribution is 5.86. The molecule has 2 aromatic carbocycles. The lowest BCUT2D eigenvalue weighted by Crippen LogP contribution is -2.28. The zero-order chi connectivity index (χ0) is 17.1. The third-order valence-electron chi connectivity index (χ3n) is 4.04. The molecule has 5 heteroatoms. The van der Waals surface area contributed by atoms with E-state index >= 15 is 0 Å². The van der Waals surface area contributed by atoms with Crippen LogP contribution in [0.2, 0.25) is 0 Å². The summed E-state index contributed by atoms with van der Waals surface area (Å²) in [4.78, 5) is 14.2. The molecule has 0 saturated carbocycles. The van der Waals surface area contributed by atoms with Gasteiger partial charge in [0.25, 0.3) is 0 Å². The molecule has 0 atom stereocenters. The number of benzene rings is 2. The number of likely N-dealkylation sites (N-methyl/N-ethyl adjacent to an activating group) is 1. The second-order valence-corrected chi connectivity index (χ2v) is 5.87. The Morgan fingerprint density at radius 2 is 2.04 bits per heavy atom. The van der Waals surface area contributed by atoms with E-state index in [2.05, 4.69) is 5.16 Å². The van der Waals surface area contributed by atoms with E-state index in [1.54, 1.807) is 19.1 Å². The highest BCUT2D eigenvalue weighted by Gasteiger charge is 2.16. The SMILES string of the molecule is COc1ccc(C)cc1CN(C)C(=O)Cc1noc2ccccc12. The largest absolute Gasteiger partial charge is 0.496 e. The molecular weight excluding hydrogens is 304 g/mol. The van der Waals surface area contributed by atoms with Gasteiger partial charge in [0.15, 0.2) is 5.58 Å². The monoisotopic (exact) mass is 324 g/mol. The van der Waals surface area contributed by atoms with E-state index in [1.165, 1.54) is 0 Å². The third kappa shape index (κ3) is 3.25. The highest BCUT2D eigenvalue weighted by atomic mass is 16.5. The van der Waals surface area contributed by atoms with Gasteiger partial charge in [-0.05, 0) is 25.1 Å². The number of methoxy groups -OCH3 is 1. The summed E-state index contributed by atoms with van der Waals surface area (Å²) in [5, 5.41) is 4.91. The fraction of sp³-hybridized carbons (Fsp3) is 0.263. The summed E-state index contributed by atoms with van der Waals surface area (Å²) in [5.74, 6) is 0.768. The molecule has 1 aromatic heterocycles. The van der Waals surface area contributed by atoms with Crippen LogP contribution in [0.25, 0.3) is 11.0 Å². The number of hydrogen-bond acceptors (Lipinski definition) is 4. The molecule has 0 N–H and O–H groups in total. The number of hydrogen-bond donors (Lipinski definition) is 0. The Bertz CT molecular complexity index is 870. The summed E-state index contributed by atoms with van der Waals surface area (Å²) < 4.78 is 10.6. The van der Waals surface area contributed by atoms with Crippen LogP contribution in [0.1, 0.15) is 16.8 Å². The van der Waals surface area contributed by atoms with Crippen molar-refractivity contribution >= 4 is 16.9 Å². The number of para-hydroxylation sites is 1. The van der Waals surface area contributed by atoms with Crippen molar-refractivity contribution in [3.8, 4) is 5.75 Å². The average Bonchev–Trinajstić information content (AvgIpc) is 2.98. The maximum Gasteiger partial charge on any atom is 0.228 e. The maximum atomic E-state index is 12.5. The summed E-state index contributed by atoms with van der Waals surface area (Å²) >= 11 is 0. The molecule has 0 fully saturated rings. The van der Waals surface area contributed by atoms with Crippen molar-refractivity contribution in [1.29, 1.82) is 0 Å². The number of fused-ring (bicyclic) bond motifs is 1. The molecule has 0 aliphatic heterocycles. The van der Waals surface area contributed by atoms with Gasteiger partial charge in [0, 0.05) is 24.5 Å². The van der Waals surface area contributed by atoms with Gasteiger partial charge in [0.05, 0.1) is 13.5 Å². The number of carbonyl (C=O) groups excluding carboxylic acids is 1. The number of amides is 1. The van der Waals surface area contributed by atoms with Crippen molar-refractivity contribution in [2.24, 2.45) is 0 Å². The molecule has 24 heavy (non-hydrogen) atoms. The minimum atomic E-state index is -0.0161. The number of rotatable bonds is 5. The van der Waals surface area contributed by atoms with Gasteiger partial charge < -0.3 is 14.2 Å². The lowest BCUT2D eigenvalue weighted by Gasteiger charge is -2.19. The lowest BCUT2D eigenvalue weighted by molar-refractivity contribution is -0.129. The lowest BCUT2D eigenvalue weighted by atomic mass is 10.1. The first kappa shape index (κ1) is 16.1. The molecule has 0 saturated heterocycles. The molecule has 0 radical (unpaired) electrons. The zero-order valence-electron chi connectivity index (χ0n) is 14.1. The summed E-state index contributed by atoms with van der Waals surface area (Å²) in [5.41, 5.74) is 3.48. The quantitative estimate of drug-likeness (QED) is 0.722. The maximum absolute atomic E-state index is 12.5. The van der Waals surface area contributed by atoms with E-state index in [1.807, 2.05) is 49.4 Å². The van der Waals surface area contributed by atoms with Crippen LogP contribution in [-0.2, 0) is 17.8 Å². The van der Waals surface area contributed by atoms with Crippen LogP contribution in [0.3, 0.4) is 0 Å². The molecule has 1 heterocycles. The Morgan fingerprint density at radius 1 is 1.25 bits per heavy atom. The molecule has 124 valence electrons. The minimum Gasteiger partial charge on any atom is -0.496 e. The molecular formula is C19H20N2O3. The van der Waals surface area contributed by atoms with Crippen LogP contribution in [-0.4, -0.2) is 30.1 Å². The topological polar surface area (TPSA) is 55.6 Å². The van der Waals surface area contributed by atoms with E-state index in [4.69, 9.17) is 9.26 Å². The standard InChI is InChI=1S/C19H20N2O3/c1-13-8-9-17(23-3)14(10-13)12-21(2)19(22)11-16-15-6-4-5-7-18(15)24-20-16/h4-10H,11-12H2,1-3H3. The highest BCUT2D eigenvalue weighted by Crippen LogP contribution is 2.22. The van der Waals surface area contributed by atoms with Gasteiger partial charge in [-0.2, -0.15) is 0 Å².